The molecule has 0 aliphatic rings. The Morgan fingerprint density at radius 2 is 1.73 bits per heavy atom. The van der Waals surface area contributed by atoms with E-state index in [0.717, 1.165) is 12.0 Å². The summed E-state index contributed by atoms with van der Waals surface area (Å²) in [6, 6.07) is 13.2. The first-order valence-electron chi connectivity index (χ1n) is 8.51. The lowest BCUT2D eigenvalue weighted by Crippen LogP contribution is -2.31. The van der Waals surface area contributed by atoms with Crippen LogP contribution in [0.25, 0.3) is 0 Å². The van der Waals surface area contributed by atoms with Crippen LogP contribution in [0.3, 0.4) is 0 Å². The van der Waals surface area contributed by atoms with Crippen molar-refractivity contribution in [3.63, 3.8) is 0 Å². The summed E-state index contributed by atoms with van der Waals surface area (Å²) in [6.07, 6.45) is 0.889. The molecule has 138 valence electrons. The van der Waals surface area contributed by atoms with E-state index in [0.29, 0.717) is 22.8 Å². The number of amides is 2. The van der Waals surface area contributed by atoms with Gasteiger partial charge in [0.15, 0.2) is 0 Å². The largest absolute Gasteiger partial charge is 0.350 e. The van der Waals surface area contributed by atoms with Gasteiger partial charge in [-0.15, -0.1) is 11.8 Å². The van der Waals surface area contributed by atoms with E-state index >= 15 is 0 Å². The first-order chi connectivity index (χ1) is 12.5. The second-order valence-corrected chi connectivity index (χ2v) is 7.01. The summed E-state index contributed by atoms with van der Waals surface area (Å²) in [6.45, 7) is 4.00. The highest BCUT2D eigenvalue weighted by atomic mass is 32.2. The average molecular weight is 374 g/mol. The van der Waals surface area contributed by atoms with Crippen molar-refractivity contribution >= 4 is 29.3 Å². The van der Waals surface area contributed by atoms with Crippen molar-refractivity contribution in [3.05, 3.63) is 65.5 Å². The van der Waals surface area contributed by atoms with Gasteiger partial charge in [0.05, 0.1) is 5.75 Å². The van der Waals surface area contributed by atoms with Crippen LogP contribution in [0.1, 0.15) is 36.2 Å². The monoisotopic (exact) mass is 374 g/mol. The number of thioether (sulfide) groups is 1. The van der Waals surface area contributed by atoms with E-state index in [1.54, 1.807) is 12.1 Å². The molecule has 1 unspecified atom stereocenters. The topological polar surface area (TPSA) is 58.2 Å². The summed E-state index contributed by atoms with van der Waals surface area (Å²) in [5, 5.41) is 5.65. The Labute approximate surface area is 157 Å². The smallest absolute Gasteiger partial charge is 0.251 e. The fourth-order valence-corrected chi connectivity index (χ4v) is 2.94. The molecule has 0 bridgehead atoms. The molecule has 0 aliphatic heterocycles. The number of benzene rings is 2. The first-order valence-corrected chi connectivity index (χ1v) is 9.66. The number of hydrogen-bond donors (Lipinski definition) is 2. The van der Waals surface area contributed by atoms with Gasteiger partial charge >= 0.3 is 0 Å². The highest BCUT2D eigenvalue weighted by Gasteiger charge is 2.08. The van der Waals surface area contributed by atoms with Gasteiger partial charge in [0.2, 0.25) is 5.91 Å². The minimum Gasteiger partial charge on any atom is -0.350 e. The quantitative estimate of drug-likeness (QED) is 0.727. The van der Waals surface area contributed by atoms with Crippen molar-refractivity contribution in [2.75, 3.05) is 11.1 Å². The second-order valence-electron chi connectivity index (χ2n) is 6.03. The van der Waals surface area contributed by atoms with Crippen LogP contribution in [0.2, 0.25) is 0 Å². The minimum absolute atomic E-state index is 0.0720. The highest BCUT2D eigenvalue weighted by Crippen LogP contribution is 2.15. The third-order valence-corrected chi connectivity index (χ3v) is 4.84. The highest BCUT2D eigenvalue weighted by molar-refractivity contribution is 7.99. The summed E-state index contributed by atoms with van der Waals surface area (Å²) in [5.41, 5.74) is 2.26. The Morgan fingerprint density at radius 3 is 2.35 bits per heavy atom. The lowest BCUT2D eigenvalue weighted by atomic mass is 10.1. The van der Waals surface area contributed by atoms with Crippen molar-refractivity contribution in [1.29, 1.82) is 0 Å². The minimum atomic E-state index is -0.335. The number of carbonyl (C=O) groups is 2. The van der Waals surface area contributed by atoms with Crippen LogP contribution in [0.4, 0.5) is 10.1 Å². The van der Waals surface area contributed by atoms with Crippen LogP contribution in [0, 0.1) is 5.82 Å². The van der Waals surface area contributed by atoms with Gasteiger partial charge in [-0.2, -0.15) is 0 Å². The van der Waals surface area contributed by atoms with Gasteiger partial charge in [-0.25, -0.2) is 4.39 Å². The Kier molecular flexibility index (Phi) is 7.66. The van der Waals surface area contributed by atoms with E-state index in [1.807, 2.05) is 26.0 Å². The molecular formula is C20H23FN2O2S. The zero-order chi connectivity index (χ0) is 18.9. The predicted molar refractivity (Wildman–Crippen MR) is 105 cm³/mol. The number of nitrogens with one attached hydrogen (secondary N) is 2. The van der Waals surface area contributed by atoms with Crippen molar-refractivity contribution in [3.8, 4) is 0 Å². The first kappa shape index (κ1) is 20.0. The Morgan fingerprint density at radius 1 is 1.08 bits per heavy atom. The summed E-state index contributed by atoms with van der Waals surface area (Å²) in [7, 11) is 0. The maximum atomic E-state index is 12.8. The van der Waals surface area contributed by atoms with Crippen LogP contribution in [-0.2, 0) is 10.5 Å². The third-order valence-electron chi connectivity index (χ3n) is 3.84. The number of halogens is 1. The SMILES string of the molecule is CCC(C)NC(=O)c1ccc(CSCC(=O)Nc2ccc(F)cc2)cc1. The van der Waals surface area contributed by atoms with Crippen molar-refractivity contribution in [2.45, 2.75) is 32.1 Å². The molecule has 0 heterocycles. The fourth-order valence-electron chi connectivity index (χ4n) is 2.15. The van der Waals surface area contributed by atoms with Gasteiger partial charge in [0, 0.05) is 23.0 Å². The van der Waals surface area contributed by atoms with Crippen molar-refractivity contribution in [1.82, 2.24) is 5.32 Å². The van der Waals surface area contributed by atoms with Gasteiger partial charge in [-0.05, 0) is 55.3 Å². The summed E-state index contributed by atoms with van der Waals surface area (Å²) >= 11 is 1.48. The normalized spacial score (nSPS) is 11.7. The average Bonchev–Trinajstić information content (AvgIpc) is 2.64. The molecule has 2 amide bonds. The van der Waals surface area contributed by atoms with E-state index in [-0.39, 0.29) is 23.7 Å². The number of rotatable bonds is 8. The molecule has 0 fully saturated rings. The maximum Gasteiger partial charge on any atom is 0.251 e. The predicted octanol–water partition coefficient (Wildman–Crippen LogP) is 4.23. The molecule has 0 saturated heterocycles. The van der Waals surface area contributed by atoms with E-state index in [2.05, 4.69) is 10.6 Å². The molecule has 0 spiro atoms. The molecule has 2 N–H and O–H groups in total. The summed E-state index contributed by atoms with van der Waals surface area (Å²) < 4.78 is 12.8. The van der Waals surface area contributed by atoms with Gasteiger partial charge in [-0.3, -0.25) is 9.59 Å². The van der Waals surface area contributed by atoms with Gasteiger partial charge in [-0.1, -0.05) is 19.1 Å². The second kappa shape index (κ2) is 9.97. The molecule has 0 radical (unpaired) electrons. The molecule has 2 aromatic carbocycles. The molecule has 0 aliphatic carbocycles. The Balaban J connectivity index is 1.76. The third kappa shape index (κ3) is 6.52. The van der Waals surface area contributed by atoms with Crippen LogP contribution in [0.15, 0.2) is 48.5 Å². The molecule has 26 heavy (non-hydrogen) atoms. The summed E-state index contributed by atoms with van der Waals surface area (Å²) in [5.74, 6) is 0.430. The van der Waals surface area contributed by atoms with Crippen LogP contribution in [0.5, 0.6) is 0 Å². The van der Waals surface area contributed by atoms with Crippen LogP contribution in [-0.4, -0.2) is 23.6 Å². The fraction of sp³-hybridized carbons (Fsp3) is 0.300. The lowest BCUT2D eigenvalue weighted by Gasteiger charge is -2.11. The maximum absolute atomic E-state index is 12.8. The van der Waals surface area contributed by atoms with Gasteiger partial charge < -0.3 is 10.6 Å². The summed E-state index contributed by atoms with van der Waals surface area (Å²) in [4.78, 5) is 23.9. The van der Waals surface area contributed by atoms with E-state index < -0.39 is 0 Å². The number of hydrogen-bond acceptors (Lipinski definition) is 3. The zero-order valence-electron chi connectivity index (χ0n) is 14.9. The molecule has 0 saturated carbocycles. The van der Waals surface area contributed by atoms with Crippen LogP contribution < -0.4 is 10.6 Å². The Hall–Kier alpha value is -2.34. The van der Waals surface area contributed by atoms with Crippen LogP contribution >= 0.6 is 11.8 Å². The molecule has 2 rings (SSSR count). The van der Waals surface area contributed by atoms with E-state index in [4.69, 9.17) is 0 Å². The molecule has 4 nitrogen and oxygen atoms in total. The van der Waals surface area contributed by atoms with Crippen molar-refractivity contribution < 1.29 is 14.0 Å². The van der Waals surface area contributed by atoms with Gasteiger partial charge in [0.1, 0.15) is 5.82 Å². The van der Waals surface area contributed by atoms with Crippen molar-refractivity contribution in [2.24, 2.45) is 0 Å². The molecule has 2 aromatic rings. The molecule has 0 aromatic heterocycles. The zero-order valence-corrected chi connectivity index (χ0v) is 15.7. The number of anilines is 1. The Bertz CT molecular complexity index is 732. The van der Waals surface area contributed by atoms with E-state index in [9.17, 15) is 14.0 Å². The number of carbonyl (C=O) groups excluding carboxylic acids is 2. The molecule has 6 heteroatoms. The lowest BCUT2D eigenvalue weighted by molar-refractivity contribution is -0.113. The standard InChI is InChI=1S/C20H23FN2O2S/c1-3-14(2)22-20(25)16-6-4-15(5-7-16)12-26-13-19(24)23-18-10-8-17(21)9-11-18/h4-11,14H,3,12-13H2,1-2H3,(H,22,25)(H,23,24). The molecule has 1 atom stereocenters. The van der Waals surface area contributed by atoms with Gasteiger partial charge in [0.25, 0.3) is 5.91 Å². The molecular weight excluding hydrogens is 351 g/mol. The van der Waals surface area contributed by atoms with E-state index in [1.165, 1.54) is 36.0 Å².